The maximum Gasteiger partial charge on any atom is 0.263 e. The first-order valence-electron chi connectivity index (χ1n) is 11.6. The van der Waals surface area contributed by atoms with Gasteiger partial charge in [0.2, 0.25) is 5.91 Å². The monoisotopic (exact) mass is 483 g/mol. The fourth-order valence-electron chi connectivity index (χ4n) is 4.84. The van der Waals surface area contributed by atoms with Crippen molar-refractivity contribution >= 4 is 39.2 Å². The third kappa shape index (κ3) is 4.36. The molecule has 2 aromatic heterocycles. The van der Waals surface area contributed by atoms with Gasteiger partial charge in [0.25, 0.3) is 5.56 Å². The first kappa shape index (κ1) is 22.6. The summed E-state index contributed by atoms with van der Waals surface area (Å²) in [5, 5.41) is 1.06. The molecule has 0 fully saturated rings. The van der Waals surface area contributed by atoms with Crippen molar-refractivity contribution in [3.05, 3.63) is 56.2 Å². The molecule has 3 aromatic rings. The Balaban J connectivity index is 1.43. The fraction of sp³-hybridized carbons (Fsp3) is 0.480. The lowest BCUT2D eigenvalue weighted by Gasteiger charge is -2.30. The minimum Gasteiger partial charge on any atom is -0.383 e. The average Bonchev–Trinajstić information content (AvgIpc) is 3.21. The van der Waals surface area contributed by atoms with E-state index in [0.717, 1.165) is 42.4 Å². The molecule has 1 atom stereocenters. The number of carbonyl (C=O) groups excluding carboxylic acids is 1. The summed E-state index contributed by atoms with van der Waals surface area (Å²) in [4.78, 5) is 35.8. The van der Waals surface area contributed by atoms with E-state index in [4.69, 9.17) is 9.72 Å². The van der Waals surface area contributed by atoms with Crippen LogP contribution in [0.2, 0.25) is 0 Å². The number of nitrogens with zero attached hydrogens (tertiary/aromatic N) is 3. The Hall–Kier alpha value is -2.16. The number of aromatic nitrogens is 2. The van der Waals surface area contributed by atoms with Crippen molar-refractivity contribution in [2.45, 2.75) is 62.5 Å². The van der Waals surface area contributed by atoms with E-state index in [-0.39, 0.29) is 16.7 Å². The number of fused-ring (bicyclic) bond motifs is 4. The lowest BCUT2D eigenvalue weighted by molar-refractivity contribution is -0.131. The van der Waals surface area contributed by atoms with Gasteiger partial charge in [-0.2, -0.15) is 0 Å². The number of amides is 1. The Morgan fingerprint density at radius 2 is 2.00 bits per heavy atom. The molecule has 1 unspecified atom stereocenters. The van der Waals surface area contributed by atoms with Gasteiger partial charge in [0, 0.05) is 25.1 Å². The number of thiophene rings is 1. The van der Waals surface area contributed by atoms with Gasteiger partial charge in [-0.05, 0) is 55.7 Å². The maximum atomic E-state index is 13.5. The number of thioether (sulfide) groups is 1. The van der Waals surface area contributed by atoms with Crippen molar-refractivity contribution in [1.29, 1.82) is 0 Å². The van der Waals surface area contributed by atoms with E-state index in [0.29, 0.717) is 24.9 Å². The molecule has 1 aliphatic carbocycles. The highest BCUT2D eigenvalue weighted by Crippen LogP contribution is 2.35. The van der Waals surface area contributed by atoms with Crippen molar-refractivity contribution in [3.8, 4) is 0 Å². The van der Waals surface area contributed by atoms with Crippen molar-refractivity contribution < 1.29 is 9.53 Å². The van der Waals surface area contributed by atoms with Gasteiger partial charge in [-0.25, -0.2) is 4.98 Å². The van der Waals surface area contributed by atoms with Gasteiger partial charge < -0.3 is 9.64 Å². The molecule has 0 radical (unpaired) electrons. The summed E-state index contributed by atoms with van der Waals surface area (Å²) in [5.41, 5.74) is 3.74. The van der Waals surface area contributed by atoms with Gasteiger partial charge in [0.1, 0.15) is 4.83 Å². The summed E-state index contributed by atoms with van der Waals surface area (Å²) >= 11 is 3.04. The predicted molar refractivity (Wildman–Crippen MR) is 133 cm³/mol. The van der Waals surface area contributed by atoms with Gasteiger partial charge in [-0.15, -0.1) is 11.3 Å². The van der Waals surface area contributed by atoms with Gasteiger partial charge in [-0.3, -0.25) is 14.2 Å². The molecule has 33 heavy (non-hydrogen) atoms. The summed E-state index contributed by atoms with van der Waals surface area (Å²) in [5.74, 6) is 0.0904. The molecule has 6 nitrogen and oxygen atoms in total. The molecular formula is C25H29N3O3S2. The minimum absolute atomic E-state index is 0.00509. The van der Waals surface area contributed by atoms with Crippen LogP contribution in [0.3, 0.4) is 0 Å². The second-order valence-corrected chi connectivity index (χ2v) is 11.2. The SMILES string of the molecule is COCCn1c(SC(C)C(=O)N2CCc3ccccc3C2)nc2sc3c(c2c1=O)CCCC3. The van der Waals surface area contributed by atoms with Gasteiger partial charge in [0.15, 0.2) is 5.16 Å². The van der Waals surface area contributed by atoms with Crippen LogP contribution in [0.1, 0.15) is 41.3 Å². The quantitative estimate of drug-likeness (QED) is 0.391. The van der Waals surface area contributed by atoms with Crippen molar-refractivity contribution in [2.75, 3.05) is 20.3 Å². The van der Waals surface area contributed by atoms with Crippen molar-refractivity contribution in [1.82, 2.24) is 14.5 Å². The van der Waals surface area contributed by atoms with E-state index < -0.39 is 0 Å². The lowest BCUT2D eigenvalue weighted by atomic mass is 9.97. The Labute approximate surface area is 202 Å². The lowest BCUT2D eigenvalue weighted by Crippen LogP contribution is -2.40. The normalized spacial score (nSPS) is 16.5. The molecule has 0 spiro atoms. The van der Waals surface area contributed by atoms with Crippen LogP contribution in [-0.2, 0) is 41.9 Å². The smallest absolute Gasteiger partial charge is 0.263 e. The van der Waals surface area contributed by atoms with E-state index in [9.17, 15) is 9.59 Å². The highest BCUT2D eigenvalue weighted by atomic mass is 32.2. The minimum atomic E-state index is -0.331. The number of hydrogen-bond donors (Lipinski definition) is 0. The number of hydrogen-bond acceptors (Lipinski definition) is 6. The second kappa shape index (κ2) is 9.60. The molecule has 5 rings (SSSR count). The number of rotatable bonds is 6. The second-order valence-electron chi connectivity index (χ2n) is 8.77. The van der Waals surface area contributed by atoms with E-state index in [2.05, 4.69) is 18.2 Å². The van der Waals surface area contributed by atoms with Gasteiger partial charge in [-0.1, -0.05) is 36.0 Å². The number of methoxy groups -OCH3 is 1. The average molecular weight is 484 g/mol. The van der Waals surface area contributed by atoms with Gasteiger partial charge >= 0.3 is 0 Å². The topological polar surface area (TPSA) is 64.4 Å². The summed E-state index contributed by atoms with van der Waals surface area (Å²) in [6.07, 6.45) is 5.15. The summed E-state index contributed by atoms with van der Waals surface area (Å²) < 4.78 is 6.99. The molecule has 1 amide bonds. The van der Waals surface area contributed by atoms with Crippen molar-refractivity contribution in [3.63, 3.8) is 0 Å². The first-order chi connectivity index (χ1) is 16.1. The molecular weight excluding hydrogens is 454 g/mol. The number of ether oxygens (including phenoxy) is 1. The summed E-state index contributed by atoms with van der Waals surface area (Å²) in [6, 6.07) is 8.32. The Morgan fingerprint density at radius 3 is 2.82 bits per heavy atom. The molecule has 1 aliphatic heterocycles. The molecule has 8 heteroatoms. The Bertz CT molecular complexity index is 1250. The first-order valence-corrected chi connectivity index (χ1v) is 13.3. The zero-order valence-corrected chi connectivity index (χ0v) is 20.8. The molecule has 0 bridgehead atoms. The molecule has 1 aromatic carbocycles. The largest absolute Gasteiger partial charge is 0.383 e. The van der Waals surface area contributed by atoms with E-state index in [1.165, 1.54) is 39.8 Å². The van der Waals surface area contributed by atoms with Crippen LogP contribution in [0.4, 0.5) is 0 Å². The van der Waals surface area contributed by atoms with Crippen molar-refractivity contribution in [2.24, 2.45) is 0 Å². The van der Waals surface area contributed by atoms with E-state index in [1.54, 1.807) is 23.0 Å². The zero-order chi connectivity index (χ0) is 22.9. The molecule has 0 N–H and O–H groups in total. The highest BCUT2D eigenvalue weighted by Gasteiger charge is 2.28. The zero-order valence-electron chi connectivity index (χ0n) is 19.1. The molecule has 0 saturated carbocycles. The molecule has 3 heterocycles. The highest BCUT2D eigenvalue weighted by molar-refractivity contribution is 8.00. The van der Waals surface area contributed by atoms with Gasteiger partial charge in [0.05, 0.1) is 23.8 Å². The van der Waals surface area contributed by atoms with E-state index in [1.807, 2.05) is 17.9 Å². The fourth-order valence-corrected chi connectivity index (χ4v) is 7.16. The molecule has 0 saturated heterocycles. The summed E-state index contributed by atoms with van der Waals surface area (Å²) in [7, 11) is 1.64. The number of carbonyl (C=O) groups is 1. The molecule has 2 aliphatic rings. The van der Waals surface area contributed by atoms with Crippen LogP contribution in [0, 0.1) is 0 Å². The Morgan fingerprint density at radius 1 is 1.21 bits per heavy atom. The predicted octanol–water partition coefficient (Wildman–Crippen LogP) is 4.05. The maximum absolute atomic E-state index is 13.5. The van der Waals surface area contributed by atoms with Crippen LogP contribution >= 0.6 is 23.1 Å². The standard InChI is InChI=1S/C25H29N3O3S2/c1-16(23(29)27-12-11-17-7-3-4-8-18(17)15-27)32-25-26-22-21(24(30)28(25)13-14-31-2)19-9-5-6-10-20(19)33-22/h3-4,7-8,16H,5-6,9-15H2,1-2H3. The third-order valence-electron chi connectivity index (χ3n) is 6.63. The third-order valence-corrected chi connectivity index (χ3v) is 8.89. The van der Waals surface area contributed by atoms with Crippen LogP contribution in [0.5, 0.6) is 0 Å². The number of benzene rings is 1. The van der Waals surface area contributed by atoms with Crippen LogP contribution in [-0.4, -0.2) is 45.9 Å². The van der Waals surface area contributed by atoms with Crippen LogP contribution < -0.4 is 5.56 Å². The Kier molecular flexibility index (Phi) is 6.58. The van der Waals surface area contributed by atoms with Crippen LogP contribution in [0.25, 0.3) is 10.2 Å². The molecule has 174 valence electrons. The van der Waals surface area contributed by atoms with Crippen LogP contribution in [0.15, 0.2) is 34.2 Å². The summed E-state index contributed by atoms with van der Waals surface area (Å²) in [6.45, 7) is 4.15. The van der Waals surface area contributed by atoms with E-state index >= 15 is 0 Å². The number of aryl methyl sites for hydroxylation is 2.